The van der Waals surface area contributed by atoms with Gasteiger partial charge in [0, 0.05) is 57.6 Å². The van der Waals surface area contributed by atoms with Crippen molar-refractivity contribution in [2.75, 3.05) is 61.0 Å². The number of hydrogen-bond acceptors (Lipinski definition) is 9. The summed E-state index contributed by atoms with van der Waals surface area (Å²) in [5, 5.41) is 3.52. The van der Waals surface area contributed by atoms with E-state index in [0.29, 0.717) is 37.3 Å². The van der Waals surface area contributed by atoms with Gasteiger partial charge in [-0.2, -0.15) is 0 Å². The van der Waals surface area contributed by atoms with Crippen LogP contribution in [0.3, 0.4) is 0 Å². The highest BCUT2D eigenvalue weighted by Gasteiger charge is 2.38. The van der Waals surface area contributed by atoms with Crippen LogP contribution < -0.4 is 15.0 Å². The van der Waals surface area contributed by atoms with Gasteiger partial charge >= 0.3 is 0 Å². The Bertz CT molecular complexity index is 1480. The number of nitrogens with zero attached hydrogens (tertiary/aromatic N) is 5. The summed E-state index contributed by atoms with van der Waals surface area (Å²) in [5.74, 6) is 8.45. The van der Waals surface area contributed by atoms with Crippen LogP contribution in [-0.4, -0.2) is 90.9 Å². The van der Waals surface area contributed by atoms with E-state index < -0.39 is 9.84 Å². The van der Waals surface area contributed by atoms with Crippen LogP contribution >= 0.6 is 0 Å². The van der Waals surface area contributed by atoms with Crippen molar-refractivity contribution < 1.29 is 17.9 Å². The van der Waals surface area contributed by atoms with Crippen LogP contribution in [0.4, 0.5) is 17.3 Å². The molecule has 0 unspecified atom stereocenters. The zero-order chi connectivity index (χ0) is 28.0. The molecule has 1 aromatic carbocycles. The lowest BCUT2D eigenvalue weighted by atomic mass is 9.88. The topological polar surface area (TPSA) is 108 Å². The van der Waals surface area contributed by atoms with Crippen molar-refractivity contribution in [1.29, 1.82) is 0 Å². The fraction of sp³-hybridized carbons (Fsp3) is 0.552. The lowest BCUT2D eigenvalue weighted by Crippen LogP contribution is -2.51. The quantitative estimate of drug-likeness (QED) is 0.563. The maximum atomic E-state index is 12.3. The van der Waals surface area contributed by atoms with Gasteiger partial charge in [0.15, 0.2) is 9.84 Å². The average Bonchev–Trinajstić information content (AvgIpc) is 3.32. The van der Waals surface area contributed by atoms with Crippen LogP contribution in [0.5, 0.6) is 5.75 Å². The number of sulfone groups is 1. The standard InChI is InChI=1S/C29H36N6O4S/c1-4-5-6-25(36)34-8-7-23(17-34)35-15-22(16-35)21-13-19(2)27-24(14-21)32-28-26(20(3)39-27)29(31-18-30-28)33-9-11-40(37,38)12-10-33/h13-14,18,20,22-23H,4,7-12,15-17H2,1-3H3,(H,30,31,32)/t20-,23-/m1/s1. The van der Waals surface area contributed by atoms with Crippen LogP contribution in [0.15, 0.2) is 18.5 Å². The van der Waals surface area contributed by atoms with Gasteiger partial charge in [-0.25, -0.2) is 18.4 Å². The van der Waals surface area contributed by atoms with E-state index in [1.54, 1.807) is 0 Å². The van der Waals surface area contributed by atoms with Gasteiger partial charge < -0.3 is 19.9 Å². The zero-order valence-electron chi connectivity index (χ0n) is 23.3. The number of fused-ring (bicyclic) bond motifs is 2. The van der Waals surface area contributed by atoms with Crippen molar-refractivity contribution in [2.45, 2.75) is 51.7 Å². The van der Waals surface area contributed by atoms with E-state index in [-0.39, 0.29) is 23.5 Å². The minimum absolute atomic E-state index is 0.0549. The molecule has 212 valence electrons. The Hall–Kier alpha value is -3.36. The van der Waals surface area contributed by atoms with Crippen LogP contribution in [-0.2, 0) is 14.6 Å². The molecule has 6 rings (SSSR count). The molecule has 0 aliphatic carbocycles. The highest BCUT2D eigenvalue weighted by atomic mass is 32.2. The third-order valence-electron chi connectivity index (χ3n) is 8.48. The lowest BCUT2D eigenvalue weighted by molar-refractivity contribution is -0.124. The first-order valence-corrected chi connectivity index (χ1v) is 15.9. The molecular weight excluding hydrogens is 528 g/mol. The fourth-order valence-corrected chi connectivity index (χ4v) is 7.38. The summed E-state index contributed by atoms with van der Waals surface area (Å²) < 4.78 is 30.5. The second-order valence-electron chi connectivity index (χ2n) is 11.2. The number of anilines is 3. The molecule has 40 heavy (non-hydrogen) atoms. The Kier molecular flexibility index (Phi) is 7.09. The fourth-order valence-electron chi connectivity index (χ4n) is 6.18. The summed E-state index contributed by atoms with van der Waals surface area (Å²) in [6.07, 6.45) is 2.91. The molecule has 4 aliphatic rings. The number of likely N-dealkylation sites (tertiary alicyclic amines) is 2. The van der Waals surface area contributed by atoms with Crippen molar-refractivity contribution in [3.05, 3.63) is 35.2 Å². The molecule has 3 fully saturated rings. The maximum Gasteiger partial charge on any atom is 0.298 e. The number of carbonyl (C=O) groups is 1. The van der Waals surface area contributed by atoms with Crippen molar-refractivity contribution in [2.24, 2.45) is 0 Å². The summed E-state index contributed by atoms with van der Waals surface area (Å²) in [4.78, 5) is 27.8. The number of ether oxygens (including phenoxy) is 1. The molecule has 10 nitrogen and oxygen atoms in total. The molecule has 0 spiro atoms. The van der Waals surface area contributed by atoms with E-state index >= 15 is 0 Å². The van der Waals surface area contributed by atoms with Crippen LogP contribution in [0.1, 0.15) is 55.4 Å². The Labute approximate surface area is 236 Å². The summed E-state index contributed by atoms with van der Waals surface area (Å²) in [5.41, 5.74) is 4.05. The summed E-state index contributed by atoms with van der Waals surface area (Å²) in [6.45, 7) is 10.3. The maximum absolute atomic E-state index is 12.3. The van der Waals surface area contributed by atoms with Crippen LogP contribution in [0, 0.1) is 18.8 Å². The van der Waals surface area contributed by atoms with Crippen LogP contribution in [0.25, 0.3) is 0 Å². The second kappa shape index (κ2) is 10.6. The molecule has 1 amide bonds. The molecular formula is C29H36N6O4S. The number of rotatable bonds is 3. The number of nitrogens with one attached hydrogen (secondary N) is 1. The Morgan fingerprint density at radius 2 is 1.93 bits per heavy atom. The normalized spacial score (nSPS) is 24.0. The third-order valence-corrected chi connectivity index (χ3v) is 10.1. The lowest BCUT2D eigenvalue weighted by Gasteiger charge is -2.43. The first-order valence-electron chi connectivity index (χ1n) is 14.1. The highest BCUT2D eigenvalue weighted by molar-refractivity contribution is 7.91. The van der Waals surface area contributed by atoms with Gasteiger partial charge in [-0.15, -0.1) is 0 Å². The molecule has 4 aliphatic heterocycles. The van der Waals surface area contributed by atoms with E-state index in [2.05, 4.69) is 51.1 Å². The largest absolute Gasteiger partial charge is 0.483 e. The Morgan fingerprint density at radius 3 is 2.67 bits per heavy atom. The predicted molar refractivity (Wildman–Crippen MR) is 154 cm³/mol. The van der Waals surface area contributed by atoms with E-state index in [9.17, 15) is 13.2 Å². The van der Waals surface area contributed by atoms with Crippen molar-refractivity contribution in [1.82, 2.24) is 19.8 Å². The van der Waals surface area contributed by atoms with Gasteiger partial charge in [-0.05, 0) is 43.4 Å². The van der Waals surface area contributed by atoms with Gasteiger partial charge in [-0.3, -0.25) is 9.69 Å². The molecule has 1 N–H and O–H groups in total. The van der Waals surface area contributed by atoms with Gasteiger partial charge in [0.05, 0.1) is 22.8 Å². The molecule has 3 saturated heterocycles. The number of amides is 1. The van der Waals surface area contributed by atoms with E-state index in [1.807, 2.05) is 23.6 Å². The van der Waals surface area contributed by atoms with Crippen LogP contribution in [0.2, 0.25) is 0 Å². The van der Waals surface area contributed by atoms with E-state index in [0.717, 1.165) is 61.0 Å². The molecule has 1 aromatic heterocycles. The van der Waals surface area contributed by atoms with Gasteiger partial charge in [0.25, 0.3) is 5.91 Å². The Balaban J connectivity index is 1.17. The summed E-state index contributed by atoms with van der Waals surface area (Å²) >= 11 is 0. The molecule has 5 heterocycles. The third kappa shape index (κ3) is 5.10. The molecule has 2 aromatic rings. The number of hydrogen-bond donors (Lipinski definition) is 1. The minimum Gasteiger partial charge on any atom is -0.483 e. The zero-order valence-corrected chi connectivity index (χ0v) is 24.1. The minimum atomic E-state index is -3.00. The highest BCUT2D eigenvalue weighted by Crippen LogP contribution is 2.45. The molecule has 0 bridgehead atoms. The smallest absolute Gasteiger partial charge is 0.298 e. The molecule has 0 saturated carbocycles. The predicted octanol–water partition coefficient (Wildman–Crippen LogP) is 2.63. The first kappa shape index (κ1) is 26.8. The molecule has 0 radical (unpaired) electrons. The molecule has 2 atom stereocenters. The number of carbonyl (C=O) groups excluding carboxylic acids is 1. The van der Waals surface area contributed by atoms with E-state index in [4.69, 9.17) is 4.74 Å². The number of aryl methyl sites for hydroxylation is 1. The van der Waals surface area contributed by atoms with Crippen molar-refractivity contribution >= 4 is 33.1 Å². The van der Waals surface area contributed by atoms with Gasteiger partial charge in [-0.1, -0.05) is 18.9 Å². The van der Waals surface area contributed by atoms with Crippen molar-refractivity contribution in [3.63, 3.8) is 0 Å². The van der Waals surface area contributed by atoms with Crippen molar-refractivity contribution in [3.8, 4) is 17.6 Å². The monoisotopic (exact) mass is 564 g/mol. The van der Waals surface area contributed by atoms with Gasteiger partial charge in [0.1, 0.15) is 29.8 Å². The SMILES string of the molecule is CCC#CC(=O)N1CC[C@@H](N2CC(c3cc(C)c4c(c3)Nc3ncnc(N5CCS(=O)(=O)CC5)c3[C@@H](C)O4)C2)C1. The first-order chi connectivity index (χ1) is 19.2. The van der Waals surface area contributed by atoms with Gasteiger partial charge in [0.2, 0.25) is 0 Å². The summed E-state index contributed by atoms with van der Waals surface area (Å²) in [6, 6.07) is 4.78. The van der Waals surface area contributed by atoms with E-state index in [1.165, 1.54) is 11.9 Å². The average molecular weight is 565 g/mol. The molecule has 11 heteroatoms. The Morgan fingerprint density at radius 1 is 1.15 bits per heavy atom. The summed E-state index contributed by atoms with van der Waals surface area (Å²) in [7, 11) is -3.00. The number of aromatic nitrogens is 2. The second-order valence-corrected chi connectivity index (χ2v) is 13.5. The number of benzene rings is 1.